The molecule has 3 rings (SSSR count). The van der Waals surface area contributed by atoms with Crippen molar-refractivity contribution >= 4 is 44.9 Å². The highest BCUT2D eigenvalue weighted by atomic mass is 32.1. The zero-order valence-electron chi connectivity index (χ0n) is 16.1. The predicted octanol–water partition coefficient (Wildman–Crippen LogP) is 3.61. The van der Waals surface area contributed by atoms with Crippen molar-refractivity contribution in [3.05, 3.63) is 16.1 Å². The Morgan fingerprint density at radius 3 is 2.86 bits per heavy atom. The van der Waals surface area contributed by atoms with E-state index >= 15 is 0 Å². The molecule has 2 aromatic heterocycles. The average Bonchev–Trinajstić information content (AvgIpc) is 3.40. The van der Waals surface area contributed by atoms with Gasteiger partial charge in [0, 0.05) is 24.9 Å². The van der Waals surface area contributed by atoms with Crippen molar-refractivity contribution in [1.82, 2.24) is 20.5 Å². The van der Waals surface area contributed by atoms with Gasteiger partial charge in [-0.1, -0.05) is 50.4 Å². The number of aryl methyl sites for hydroxylation is 1. The van der Waals surface area contributed by atoms with Gasteiger partial charge in [0.15, 0.2) is 5.13 Å². The largest absolute Gasteiger partial charge is 0.336 e. The first-order valence-corrected chi connectivity index (χ1v) is 11.5. The van der Waals surface area contributed by atoms with Gasteiger partial charge >= 0.3 is 6.03 Å². The molecule has 8 nitrogen and oxygen atoms in total. The van der Waals surface area contributed by atoms with Gasteiger partial charge < -0.3 is 10.6 Å². The molecule has 1 aliphatic heterocycles. The highest BCUT2D eigenvalue weighted by Crippen LogP contribution is 2.23. The van der Waals surface area contributed by atoms with E-state index < -0.39 is 0 Å². The summed E-state index contributed by atoms with van der Waals surface area (Å²) >= 11 is 2.80. The number of thiazole rings is 1. The number of amides is 3. The smallest absolute Gasteiger partial charge is 0.323 e. The van der Waals surface area contributed by atoms with Gasteiger partial charge in [-0.15, -0.1) is 21.5 Å². The van der Waals surface area contributed by atoms with Gasteiger partial charge in [0.1, 0.15) is 5.01 Å². The molecule has 10 heteroatoms. The second kappa shape index (κ2) is 10.5. The van der Waals surface area contributed by atoms with Gasteiger partial charge in [-0.3, -0.25) is 9.69 Å². The summed E-state index contributed by atoms with van der Waals surface area (Å²) in [6.07, 6.45) is 8.52. The topological polar surface area (TPSA) is 100 Å². The van der Waals surface area contributed by atoms with Crippen LogP contribution in [-0.2, 0) is 17.6 Å². The molecule has 1 fully saturated rings. The van der Waals surface area contributed by atoms with E-state index in [0.717, 1.165) is 17.8 Å². The third kappa shape index (κ3) is 5.96. The highest BCUT2D eigenvalue weighted by molar-refractivity contribution is 7.15. The molecule has 0 aromatic carbocycles. The lowest BCUT2D eigenvalue weighted by Gasteiger charge is -2.08. The summed E-state index contributed by atoms with van der Waals surface area (Å²) in [7, 11) is 0. The molecule has 28 heavy (non-hydrogen) atoms. The van der Waals surface area contributed by atoms with Crippen LogP contribution in [0.2, 0.25) is 0 Å². The summed E-state index contributed by atoms with van der Waals surface area (Å²) in [6.45, 7) is 3.44. The van der Waals surface area contributed by atoms with Crippen LogP contribution in [0.25, 0.3) is 0 Å². The maximum Gasteiger partial charge on any atom is 0.323 e. The van der Waals surface area contributed by atoms with Crippen molar-refractivity contribution in [2.75, 3.05) is 23.3 Å². The third-order valence-electron chi connectivity index (χ3n) is 4.43. The number of rotatable bonds is 11. The van der Waals surface area contributed by atoms with Crippen LogP contribution in [0.4, 0.5) is 15.1 Å². The van der Waals surface area contributed by atoms with Gasteiger partial charge in [0.25, 0.3) is 0 Å². The molecule has 152 valence electrons. The monoisotopic (exact) mass is 422 g/mol. The van der Waals surface area contributed by atoms with Crippen molar-refractivity contribution in [3.8, 4) is 0 Å². The van der Waals surface area contributed by atoms with Gasteiger partial charge in [-0.2, -0.15) is 0 Å². The molecular weight excluding hydrogens is 396 g/mol. The standard InChI is InChI=1S/C18H26N6O2S2/c1-2-3-4-5-6-7-8-15-22-23-16(28-15)21-14(25)11-13-12-27-18(20-13)24-10-9-19-17(24)26/h12H,2-11H2,1H3,(H,19,26)(H,21,23,25). The maximum absolute atomic E-state index is 12.2. The summed E-state index contributed by atoms with van der Waals surface area (Å²) in [5, 5.41) is 17.7. The Bertz CT molecular complexity index is 791. The van der Waals surface area contributed by atoms with E-state index in [1.54, 1.807) is 4.90 Å². The molecule has 0 spiro atoms. The van der Waals surface area contributed by atoms with E-state index in [1.165, 1.54) is 54.8 Å². The minimum Gasteiger partial charge on any atom is -0.336 e. The van der Waals surface area contributed by atoms with Crippen molar-refractivity contribution in [1.29, 1.82) is 0 Å². The van der Waals surface area contributed by atoms with Crippen molar-refractivity contribution in [2.45, 2.75) is 58.3 Å². The summed E-state index contributed by atoms with van der Waals surface area (Å²) < 4.78 is 0. The molecule has 1 saturated heterocycles. The van der Waals surface area contributed by atoms with Crippen LogP contribution in [-0.4, -0.2) is 40.2 Å². The molecule has 3 heterocycles. The normalized spacial score (nSPS) is 13.8. The predicted molar refractivity (Wildman–Crippen MR) is 112 cm³/mol. The Balaban J connectivity index is 1.41. The summed E-state index contributed by atoms with van der Waals surface area (Å²) in [6, 6.07) is -0.142. The third-order valence-corrected chi connectivity index (χ3v) is 6.24. The lowest BCUT2D eigenvalue weighted by Crippen LogP contribution is -2.27. The molecule has 0 radical (unpaired) electrons. The average molecular weight is 423 g/mol. The highest BCUT2D eigenvalue weighted by Gasteiger charge is 2.24. The maximum atomic E-state index is 12.2. The van der Waals surface area contributed by atoms with Crippen LogP contribution < -0.4 is 15.5 Å². The van der Waals surface area contributed by atoms with Gasteiger partial charge in [0.2, 0.25) is 11.0 Å². The Kier molecular flexibility index (Phi) is 7.72. The van der Waals surface area contributed by atoms with Crippen LogP contribution in [0.5, 0.6) is 0 Å². The number of carbonyl (C=O) groups is 2. The minimum absolute atomic E-state index is 0.142. The number of urea groups is 1. The second-order valence-electron chi connectivity index (χ2n) is 6.75. The number of nitrogens with zero attached hydrogens (tertiary/aromatic N) is 4. The van der Waals surface area contributed by atoms with E-state index in [-0.39, 0.29) is 18.4 Å². The second-order valence-corrected chi connectivity index (χ2v) is 8.65. The first-order valence-electron chi connectivity index (χ1n) is 9.77. The fourth-order valence-corrected chi connectivity index (χ4v) is 4.59. The first-order chi connectivity index (χ1) is 13.7. The fourth-order valence-electron chi connectivity index (χ4n) is 2.95. The molecule has 0 unspecified atom stereocenters. The number of nitrogens with one attached hydrogen (secondary N) is 2. The minimum atomic E-state index is -0.176. The van der Waals surface area contributed by atoms with Crippen molar-refractivity contribution in [2.24, 2.45) is 0 Å². The Morgan fingerprint density at radius 2 is 2.07 bits per heavy atom. The van der Waals surface area contributed by atoms with Crippen molar-refractivity contribution in [3.63, 3.8) is 0 Å². The number of aromatic nitrogens is 3. The van der Waals surface area contributed by atoms with E-state index in [1.807, 2.05) is 5.38 Å². The van der Waals surface area contributed by atoms with E-state index in [4.69, 9.17) is 0 Å². The number of unbranched alkanes of at least 4 members (excludes halogenated alkanes) is 5. The van der Waals surface area contributed by atoms with E-state index in [9.17, 15) is 9.59 Å². The summed E-state index contributed by atoms with van der Waals surface area (Å²) in [5.41, 5.74) is 0.647. The number of carbonyl (C=O) groups excluding carboxylic acids is 2. The number of hydrogen-bond acceptors (Lipinski definition) is 7. The molecular formula is C18H26N6O2S2. The van der Waals surface area contributed by atoms with Crippen molar-refractivity contribution < 1.29 is 9.59 Å². The molecule has 1 aliphatic rings. The van der Waals surface area contributed by atoms with Crippen LogP contribution in [0.3, 0.4) is 0 Å². The van der Waals surface area contributed by atoms with E-state index in [0.29, 0.717) is 29.0 Å². The van der Waals surface area contributed by atoms with Crippen LogP contribution >= 0.6 is 22.7 Å². The molecule has 2 aromatic rings. The molecule has 3 amide bonds. The molecule has 0 aliphatic carbocycles. The quantitative estimate of drug-likeness (QED) is 0.539. The van der Waals surface area contributed by atoms with E-state index in [2.05, 4.69) is 32.7 Å². The number of anilines is 2. The van der Waals surface area contributed by atoms with Crippen LogP contribution in [0.1, 0.15) is 56.2 Å². The SMILES string of the molecule is CCCCCCCCc1nnc(NC(=O)Cc2csc(N3CCNC3=O)n2)s1. The lowest BCUT2D eigenvalue weighted by molar-refractivity contribution is -0.115. The van der Waals surface area contributed by atoms with Crippen LogP contribution in [0.15, 0.2) is 5.38 Å². The summed E-state index contributed by atoms with van der Waals surface area (Å²) in [5.74, 6) is -0.176. The first kappa shape index (κ1) is 20.7. The zero-order valence-corrected chi connectivity index (χ0v) is 17.7. The zero-order chi connectivity index (χ0) is 19.8. The lowest BCUT2D eigenvalue weighted by atomic mass is 10.1. The molecule has 0 saturated carbocycles. The van der Waals surface area contributed by atoms with Gasteiger partial charge in [-0.25, -0.2) is 9.78 Å². The molecule has 2 N–H and O–H groups in total. The fraction of sp³-hybridized carbons (Fsp3) is 0.611. The van der Waals surface area contributed by atoms with Gasteiger partial charge in [-0.05, 0) is 6.42 Å². The molecule has 0 atom stereocenters. The number of hydrogen-bond donors (Lipinski definition) is 2. The van der Waals surface area contributed by atoms with Gasteiger partial charge in [0.05, 0.1) is 12.1 Å². The summed E-state index contributed by atoms with van der Waals surface area (Å²) in [4.78, 5) is 29.9. The van der Waals surface area contributed by atoms with Crippen LogP contribution in [0, 0.1) is 0 Å². The molecule has 0 bridgehead atoms. The Labute approximate surface area is 172 Å². The Hall–Kier alpha value is -2.07. The Morgan fingerprint density at radius 1 is 1.25 bits per heavy atom.